The monoisotopic (exact) mass is 322 g/mol. The highest BCUT2D eigenvalue weighted by atomic mass is 16.5. The number of hydrogen-bond donors (Lipinski definition) is 0. The lowest BCUT2D eigenvalue weighted by atomic mass is 9.94. The Kier molecular flexibility index (Phi) is 4.26. The summed E-state index contributed by atoms with van der Waals surface area (Å²) in [4.78, 5) is 11.5. The van der Waals surface area contributed by atoms with Gasteiger partial charge < -0.3 is 4.52 Å². The summed E-state index contributed by atoms with van der Waals surface area (Å²) < 4.78 is 5.09. The van der Waals surface area contributed by atoms with Gasteiger partial charge in [-0.1, -0.05) is 29.4 Å². The number of aryl methyl sites for hydroxylation is 1. The first-order chi connectivity index (χ1) is 11.8. The van der Waals surface area contributed by atoms with Gasteiger partial charge in [0.05, 0.1) is 5.52 Å². The molecule has 1 aliphatic rings. The van der Waals surface area contributed by atoms with Gasteiger partial charge in [-0.2, -0.15) is 4.98 Å². The average molecular weight is 322 g/mol. The molecule has 0 unspecified atom stereocenters. The average Bonchev–Trinajstić information content (AvgIpc) is 3.00. The molecule has 1 fully saturated rings. The molecule has 0 bridgehead atoms. The van der Waals surface area contributed by atoms with Crippen molar-refractivity contribution in [3.05, 3.63) is 53.8 Å². The van der Waals surface area contributed by atoms with Gasteiger partial charge in [0.1, 0.15) is 0 Å². The van der Waals surface area contributed by atoms with E-state index in [1.54, 1.807) is 0 Å². The molecule has 0 spiro atoms. The van der Waals surface area contributed by atoms with Crippen LogP contribution in [-0.2, 0) is 13.0 Å². The molecule has 0 N–H and O–H groups in total. The lowest BCUT2D eigenvalue weighted by molar-refractivity contribution is 0.165. The molecule has 0 aliphatic carbocycles. The molecule has 5 heteroatoms. The molecular weight excluding hydrogens is 300 g/mol. The van der Waals surface area contributed by atoms with Gasteiger partial charge in [-0.15, -0.1) is 0 Å². The topological polar surface area (TPSA) is 55.1 Å². The van der Waals surface area contributed by atoms with Gasteiger partial charge in [0.25, 0.3) is 0 Å². The van der Waals surface area contributed by atoms with E-state index >= 15 is 0 Å². The Hall–Kier alpha value is -2.27. The van der Waals surface area contributed by atoms with Crippen LogP contribution in [0.2, 0.25) is 0 Å². The first-order valence-electron chi connectivity index (χ1n) is 8.62. The molecule has 24 heavy (non-hydrogen) atoms. The Morgan fingerprint density at radius 3 is 3.04 bits per heavy atom. The van der Waals surface area contributed by atoms with Crippen molar-refractivity contribution in [1.82, 2.24) is 20.0 Å². The second-order valence-corrected chi connectivity index (χ2v) is 6.67. The number of hydrogen-bond acceptors (Lipinski definition) is 5. The molecule has 0 saturated carbocycles. The molecule has 1 aromatic carbocycles. The van der Waals surface area contributed by atoms with E-state index in [1.165, 1.54) is 23.8 Å². The lowest BCUT2D eigenvalue weighted by Gasteiger charge is -2.32. The highest BCUT2D eigenvalue weighted by Gasteiger charge is 2.22. The standard InChI is InChI=1S/C19H22N4O/c1-14-21-18(22-24-14)11-15-5-4-10-23(12-15)13-17-7-2-6-16-8-3-9-20-19(16)17/h2-3,6-9,15H,4-5,10-13H2,1H3/t15-/m1/s1. The number of piperidine rings is 1. The van der Waals surface area contributed by atoms with Crippen LogP contribution < -0.4 is 0 Å². The normalized spacial score (nSPS) is 19.0. The molecule has 5 nitrogen and oxygen atoms in total. The van der Waals surface area contributed by atoms with Crippen molar-refractivity contribution in [3.8, 4) is 0 Å². The maximum atomic E-state index is 5.09. The van der Waals surface area contributed by atoms with E-state index in [4.69, 9.17) is 4.52 Å². The van der Waals surface area contributed by atoms with E-state index in [2.05, 4.69) is 44.3 Å². The predicted octanol–water partition coefficient (Wildman–Crippen LogP) is 3.38. The van der Waals surface area contributed by atoms with Gasteiger partial charge in [-0.05, 0) is 36.9 Å². The number of likely N-dealkylation sites (tertiary alicyclic amines) is 1. The molecule has 1 aliphatic heterocycles. The van der Waals surface area contributed by atoms with Crippen LogP contribution in [0.25, 0.3) is 10.9 Å². The number of para-hydroxylation sites is 1. The molecule has 0 amide bonds. The zero-order valence-corrected chi connectivity index (χ0v) is 14.0. The zero-order valence-electron chi connectivity index (χ0n) is 14.0. The maximum absolute atomic E-state index is 5.09. The fourth-order valence-corrected chi connectivity index (χ4v) is 3.68. The third kappa shape index (κ3) is 3.31. The highest BCUT2D eigenvalue weighted by Crippen LogP contribution is 2.23. The van der Waals surface area contributed by atoms with Gasteiger partial charge in [0, 0.05) is 38.0 Å². The van der Waals surface area contributed by atoms with E-state index < -0.39 is 0 Å². The summed E-state index contributed by atoms with van der Waals surface area (Å²) >= 11 is 0. The van der Waals surface area contributed by atoms with Crippen LogP contribution >= 0.6 is 0 Å². The van der Waals surface area contributed by atoms with E-state index in [1.807, 2.05) is 19.2 Å². The number of benzene rings is 1. The minimum absolute atomic E-state index is 0.596. The number of aromatic nitrogens is 3. The van der Waals surface area contributed by atoms with Crippen molar-refractivity contribution in [1.29, 1.82) is 0 Å². The van der Waals surface area contributed by atoms with Gasteiger partial charge >= 0.3 is 0 Å². The van der Waals surface area contributed by atoms with E-state index in [0.29, 0.717) is 11.8 Å². The largest absolute Gasteiger partial charge is 0.340 e. The third-order valence-electron chi connectivity index (χ3n) is 4.75. The first-order valence-corrected chi connectivity index (χ1v) is 8.62. The Bertz CT molecular complexity index is 824. The molecule has 124 valence electrons. The van der Waals surface area contributed by atoms with Crippen molar-refractivity contribution in [2.45, 2.75) is 32.7 Å². The SMILES string of the molecule is Cc1nc(C[C@H]2CCCN(Cc3cccc4cccnc34)C2)no1. The van der Waals surface area contributed by atoms with Crippen molar-refractivity contribution < 1.29 is 4.52 Å². The van der Waals surface area contributed by atoms with E-state index in [9.17, 15) is 0 Å². The minimum Gasteiger partial charge on any atom is -0.340 e. The van der Waals surface area contributed by atoms with Crippen LogP contribution in [0.4, 0.5) is 0 Å². The highest BCUT2D eigenvalue weighted by molar-refractivity contribution is 5.81. The van der Waals surface area contributed by atoms with Crippen molar-refractivity contribution in [2.24, 2.45) is 5.92 Å². The predicted molar refractivity (Wildman–Crippen MR) is 92.5 cm³/mol. The van der Waals surface area contributed by atoms with Crippen LogP contribution in [-0.4, -0.2) is 33.1 Å². The number of pyridine rings is 1. The number of nitrogens with zero attached hydrogens (tertiary/aromatic N) is 4. The van der Waals surface area contributed by atoms with Crippen LogP contribution in [0.5, 0.6) is 0 Å². The Balaban J connectivity index is 1.46. The fraction of sp³-hybridized carbons (Fsp3) is 0.421. The zero-order chi connectivity index (χ0) is 16.4. The summed E-state index contributed by atoms with van der Waals surface area (Å²) in [7, 11) is 0. The quantitative estimate of drug-likeness (QED) is 0.737. The maximum Gasteiger partial charge on any atom is 0.223 e. The van der Waals surface area contributed by atoms with Crippen LogP contribution in [0.1, 0.15) is 30.1 Å². The second kappa shape index (κ2) is 6.69. The van der Waals surface area contributed by atoms with Crippen molar-refractivity contribution in [2.75, 3.05) is 13.1 Å². The lowest BCUT2D eigenvalue weighted by Crippen LogP contribution is -2.36. The summed E-state index contributed by atoms with van der Waals surface area (Å²) in [6.07, 6.45) is 5.24. The summed E-state index contributed by atoms with van der Waals surface area (Å²) in [6, 6.07) is 10.6. The Morgan fingerprint density at radius 1 is 1.25 bits per heavy atom. The Labute approximate surface area is 141 Å². The minimum atomic E-state index is 0.596. The molecule has 1 saturated heterocycles. The molecular formula is C19H22N4O. The molecule has 4 rings (SSSR count). The third-order valence-corrected chi connectivity index (χ3v) is 4.75. The molecule has 0 radical (unpaired) electrons. The number of fused-ring (bicyclic) bond motifs is 1. The van der Waals surface area contributed by atoms with E-state index in [0.717, 1.165) is 37.4 Å². The molecule has 1 atom stereocenters. The van der Waals surface area contributed by atoms with Crippen molar-refractivity contribution in [3.63, 3.8) is 0 Å². The van der Waals surface area contributed by atoms with Crippen LogP contribution in [0.3, 0.4) is 0 Å². The summed E-state index contributed by atoms with van der Waals surface area (Å²) in [5, 5.41) is 5.26. The van der Waals surface area contributed by atoms with Crippen LogP contribution in [0, 0.1) is 12.8 Å². The van der Waals surface area contributed by atoms with Gasteiger partial charge in [0.2, 0.25) is 5.89 Å². The van der Waals surface area contributed by atoms with Gasteiger partial charge in [-0.3, -0.25) is 9.88 Å². The summed E-state index contributed by atoms with van der Waals surface area (Å²) in [5.41, 5.74) is 2.43. The van der Waals surface area contributed by atoms with E-state index in [-0.39, 0.29) is 0 Å². The Morgan fingerprint density at radius 2 is 2.17 bits per heavy atom. The molecule has 3 heterocycles. The van der Waals surface area contributed by atoms with Gasteiger partial charge in [0.15, 0.2) is 5.82 Å². The number of rotatable bonds is 4. The van der Waals surface area contributed by atoms with Crippen LogP contribution in [0.15, 0.2) is 41.1 Å². The molecule has 3 aromatic rings. The van der Waals surface area contributed by atoms with Crippen molar-refractivity contribution >= 4 is 10.9 Å². The summed E-state index contributed by atoms with van der Waals surface area (Å²) in [5.74, 6) is 2.09. The fourth-order valence-electron chi connectivity index (χ4n) is 3.68. The smallest absolute Gasteiger partial charge is 0.223 e. The summed E-state index contributed by atoms with van der Waals surface area (Å²) in [6.45, 7) is 5.02. The molecule has 2 aromatic heterocycles. The van der Waals surface area contributed by atoms with Gasteiger partial charge in [-0.25, -0.2) is 0 Å². The second-order valence-electron chi connectivity index (χ2n) is 6.67. The first kappa shape index (κ1) is 15.3.